The zero-order valence-corrected chi connectivity index (χ0v) is 14.3. The molecule has 0 aliphatic carbocycles. The molecule has 128 valence electrons. The molecule has 0 radical (unpaired) electrons. The van der Waals surface area contributed by atoms with Crippen LogP contribution in [0.15, 0.2) is 42.5 Å². The van der Waals surface area contributed by atoms with E-state index in [1.807, 2.05) is 26.0 Å². The maximum Gasteiger partial charge on any atom is 0.255 e. The smallest absolute Gasteiger partial charge is 0.255 e. The topological polar surface area (TPSA) is 56.8 Å². The first-order valence-electron chi connectivity index (χ1n) is 8.03. The van der Waals surface area contributed by atoms with Crippen molar-refractivity contribution in [2.24, 2.45) is 0 Å². The normalized spacial score (nSPS) is 10.1. The van der Waals surface area contributed by atoms with Crippen molar-refractivity contribution < 1.29 is 19.0 Å². The van der Waals surface area contributed by atoms with Gasteiger partial charge in [0.25, 0.3) is 5.91 Å². The van der Waals surface area contributed by atoms with Crippen molar-refractivity contribution in [3.8, 4) is 17.2 Å². The molecule has 0 saturated carbocycles. The molecule has 2 aromatic carbocycles. The minimum Gasteiger partial charge on any atom is -0.495 e. The lowest BCUT2D eigenvalue weighted by Gasteiger charge is -2.14. The Labute approximate surface area is 142 Å². The van der Waals surface area contributed by atoms with Crippen molar-refractivity contribution in [3.63, 3.8) is 0 Å². The zero-order chi connectivity index (χ0) is 17.4. The highest BCUT2D eigenvalue weighted by Gasteiger charge is 2.13. The number of amides is 1. The fourth-order valence-electron chi connectivity index (χ4n) is 2.19. The van der Waals surface area contributed by atoms with Crippen molar-refractivity contribution in [2.45, 2.75) is 20.3 Å². The number of benzene rings is 2. The van der Waals surface area contributed by atoms with E-state index in [0.29, 0.717) is 41.7 Å². The Bertz CT molecular complexity index is 685. The Morgan fingerprint density at radius 2 is 1.79 bits per heavy atom. The summed E-state index contributed by atoms with van der Waals surface area (Å²) in [6, 6.07) is 12.4. The molecule has 5 nitrogen and oxygen atoms in total. The lowest BCUT2D eigenvalue weighted by molar-refractivity contribution is 0.102. The summed E-state index contributed by atoms with van der Waals surface area (Å²) >= 11 is 0. The largest absolute Gasteiger partial charge is 0.495 e. The molecule has 0 aromatic heterocycles. The number of hydrogen-bond donors (Lipinski definition) is 1. The van der Waals surface area contributed by atoms with Gasteiger partial charge in [0, 0.05) is 5.56 Å². The first kappa shape index (κ1) is 17.7. The van der Waals surface area contributed by atoms with Gasteiger partial charge in [-0.1, -0.05) is 19.1 Å². The molecule has 2 aromatic rings. The maximum atomic E-state index is 12.5. The van der Waals surface area contributed by atoms with Crippen molar-refractivity contribution in [1.82, 2.24) is 0 Å². The molecule has 0 unspecified atom stereocenters. The van der Waals surface area contributed by atoms with Crippen LogP contribution in [0.3, 0.4) is 0 Å². The number of ether oxygens (including phenoxy) is 3. The number of rotatable bonds is 8. The minimum atomic E-state index is -0.234. The van der Waals surface area contributed by atoms with E-state index in [0.717, 1.165) is 6.42 Å². The van der Waals surface area contributed by atoms with Crippen LogP contribution in [0.4, 0.5) is 5.69 Å². The standard InChI is InChI=1S/C19H23NO4/c1-4-12-24-17-11-10-14(13-18(17)23-5-2)19(21)20-15-8-6-7-9-16(15)22-3/h6-11,13H,4-5,12H2,1-3H3,(H,20,21). The molecule has 0 saturated heterocycles. The SMILES string of the molecule is CCCOc1ccc(C(=O)Nc2ccccc2OC)cc1OCC. The molecule has 0 atom stereocenters. The van der Waals surface area contributed by atoms with E-state index in [9.17, 15) is 4.79 Å². The van der Waals surface area contributed by atoms with Crippen LogP contribution in [-0.2, 0) is 0 Å². The molecule has 0 fully saturated rings. The monoisotopic (exact) mass is 329 g/mol. The second-order valence-electron chi connectivity index (χ2n) is 5.10. The van der Waals surface area contributed by atoms with Crippen LogP contribution in [0, 0.1) is 0 Å². The summed E-state index contributed by atoms with van der Waals surface area (Å²) in [6.07, 6.45) is 0.904. The van der Waals surface area contributed by atoms with Crippen LogP contribution in [0.1, 0.15) is 30.6 Å². The van der Waals surface area contributed by atoms with E-state index in [4.69, 9.17) is 14.2 Å². The van der Waals surface area contributed by atoms with Gasteiger partial charge >= 0.3 is 0 Å². The summed E-state index contributed by atoms with van der Waals surface area (Å²) in [7, 11) is 1.57. The molecule has 0 aliphatic heterocycles. The molecule has 0 bridgehead atoms. The van der Waals surface area contributed by atoms with Gasteiger partial charge in [-0.2, -0.15) is 0 Å². The lowest BCUT2D eigenvalue weighted by Crippen LogP contribution is -2.13. The number of hydrogen-bond acceptors (Lipinski definition) is 4. The molecular weight excluding hydrogens is 306 g/mol. The van der Waals surface area contributed by atoms with E-state index >= 15 is 0 Å². The average Bonchev–Trinajstić information content (AvgIpc) is 2.61. The van der Waals surface area contributed by atoms with Crippen LogP contribution in [0.25, 0.3) is 0 Å². The predicted molar refractivity (Wildman–Crippen MR) is 94.3 cm³/mol. The predicted octanol–water partition coefficient (Wildman–Crippen LogP) is 4.14. The van der Waals surface area contributed by atoms with Crippen molar-refractivity contribution in [3.05, 3.63) is 48.0 Å². The molecular formula is C19H23NO4. The summed E-state index contributed by atoms with van der Waals surface area (Å²) in [5.74, 6) is 1.59. The number of anilines is 1. The highest BCUT2D eigenvalue weighted by atomic mass is 16.5. The summed E-state index contributed by atoms with van der Waals surface area (Å²) in [5.41, 5.74) is 1.11. The van der Waals surface area contributed by atoms with Crippen molar-refractivity contribution >= 4 is 11.6 Å². The minimum absolute atomic E-state index is 0.234. The molecule has 5 heteroatoms. The highest BCUT2D eigenvalue weighted by Crippen LogP contribution is 2.30. The summed E-state index contributed by atoms with van der Waals surface area (Å²) in [5, 5.41) is 2.85. The first-order valence-corrected chi connectivity index (χ1v) is 8.03. The van der Waals surface area contributed by atoms with Crippen LogP contribution in [0.2, 0.25) is 0 Å². The first-order chi connectivity index (χ1) is 11.7. The summed E-state index contributed by atoms with van der Waals surface area (Å²) in [6.45, 7) is 5.04. The highest BCUT2D eigenvalue weighted by molar-refractivity contribution is 6.05. The number of carbonyl (C=O) groups excluding carboxylic acids is 1. The van der Waals surface area contributed by atoms with E-state index in [1.165, 1.54) is 0 Å². The van der Waals surface area contributed by atoms with Gasteiger partial charge in [0.1, 0.15) is 5.75 Å². The third kappa shape index (κ3) is 4.41. The van der Waals surface area contributed by atoms with Crippen LogP contribution in [0.5, 0.6) is 17.2 Å². The van der Waals surface area contributed by atoms with E-state index in [2.05, 4.69) is 5.32 Å². The molecule has 0 heterocycles. The van der Waals surface area contributed by atoms with Gasteiger partial charge in [0.05, 0.1) is 26.0 Å². The van der Waals surface area contributed by atoms with Crippen LogP contribution >= 0.6 is 0 Å². The van der Waals surface area contributed by atoms with E-state index in [-0.39, 0.29) is 5.91 Å². The Morgan fingerprint density at radius 3 is 2.50 bits per heavy atom. The Hall–Kier alpha value is -2.69. The fraction of sp³-hybridized carbons (Fsp3) is 0.316. The second kappa shape index (κ2) is 8.82. The van der Waals surface area contributed by atoms with Gasteiger partial charge in [-0.05, 0) is 43.7 Å². The van der Waals surface area contributed by atoms with Gasteiger partial charge in [0.15, 0.2) is 11.5 Å². The second-order valence-corrected chi connectivity index (χ2v) is 5.10. The summed E-state index contributed by atoms with van der Waals surface area (Å²) < 4.78 is 16.5. The van der Waals surface area contributed by atoms with E-state index in [1.54, 1.807) is 37.4 Å². The van der Waals surface area contributed by atoms with Crippen LogP contribution in [-0.4, -0.2) is 26.2 Å². The van der Waals surface area contributed by atoms with Crippen LogP contribution < -0.4 is 19.5 Å². The number of nitrogens with one attached hydrogen (secondary N) is 1. The quantitative estimate of drug-likeness (QED) is 0.791. The van der Waals surface area contributed by atoms with Crippen molar-refractivity contribution in [2.75, 3.05) is 25.6 Å². The lowest BCUT2D eigenvalue weighted by atomic mass is 10.1. The number of para-hydroxylation sites is 2. The third-order valence-electron chi connectivity index (χ3n) is 3.32. The molecule has 1 N–H and O–H groups in total. The van der Waals surface area contributed by atoms with E-state index < -0.39 is 0 Å². The van der Waals surface area contributed by atoms with Gasteiger partial charge < -0.3 is 19.5 Å². The molecule has 24 heavy (non-hydrogen) atoms. The molecule has 0 aliphatic rings. The molecule has 2 rings (SSSR count). The Morgan fingerprint density at radius 1 is 1.00 bits per heavy atom. The van der Waals surface area contributed by atoms with Gasteiger partial charge in [-0.15, -0.1) is 0 Å². The van der Waals surface area contributed by atoms with Gasteiger partial charge in [-0.25, -0.2) is 0 Å². The van der Waals surface area contributed by atoms with Crippen molar-refractivity contribution in [1.29, 1.82) is 0 Å². The summed E-state index contributed by atoms with van der Waals surface area (Å²) in [4.78, 5) is 12.5. The number of methoxy groups -OCH3 is 1. The Kier molecular flexibility index (Phi) is 6.49. The zero-order valence-electron chi connectivity index (χ0n) is 14.3. The van der Waals surface area contributed by atoms with Gasteiger partial charge in [0.2, 0.25) is 0 Å². The number of carbonyl (C=O) groups is 1. The third-order valence-corrected chi connectivity index (χ3v) is 3.32. The molecule has 1 amide bonds. The maximum absolute atomic E-state index is 12.5. The Balaban J connectivity index is 2.21. The van der Waals surface area contributed by atoms with Gasteiger partial charge in [-0.3, -0.25) is 4.79 Å². The average molecular weight is 329 g/mol. The molecule has 0 spiro atoms. The fourth-order valence-corrected chi connectivity index (χ4v) is 2.19.